The van der Waals surface area contributed by atoms with Crippen LogP contribution in [0.1, 0.15) is 24.5 Å². The minimum atomic E-state index is 0.620. The van der Waals surface area contributed by atoms with Crippen molar-refractivity contribution in [3.63, 3.8) is 0 Å². The fourth-order valence-corrected chi connectivity index (χ4v) is 1.42. The molecule has 4 nitrogen and oxygen atoms in total. The maximum Gasteiger partial charge on any atom is 0.185 e. The van der Waals surface area contributed by atoms with Gasteiger partial charge in [0.05, 0.1) is 5.69 Å². The highest BCUT2D eigenvalue weighted by Crippen LogP contribution is 2.40. The number of hydrogen-bond donors (Lipinski definition) is 0. The molecule has 14 heavy (non-hydrogen) atoms. The predicted molar refractivity (Wildman–Crippen MR) is 49.5 cm³/mol. The third-order valence-corrected chi connectivity index (χ3v) is 2.36. The van der Waals surface area contributed by atoms with Crippen LogP contribution in [0.25, 0.3) is 11.5 Å². The summed E-state index contributed by atoms with van der Waals surface area (Å²) in [4.78, 5) is 7.95. The lowest BCUT2D eigenvalue weighted by molar-refractivity contribution is 0.422. The molecule has 0 N–H and O–H groups in total. The highest BCUT2D eigenvalue weighted by atomic mass is 16.5. The van der Waals surface area contributed by atoms with Gasteiger partial charge in [-0.05, 0) is 18.9 Å². The maximum absolute atomic E-state index is 5.21. The summed E-state index contributed by atoms with van der Waals surface area (Å²) in [5.41, 5.74) is 1.85. The first-order chi connectivity index (χ1) is 6.93. The number of hydrogen-bond acceptors (Lipinski definition) is 4. The molecule has 1 aliphatic carbocycles. The summed E-state index contributed by atoms with van der Waals surface area (Å²) in [6.45, 7) is 0. The molecule has 0 spiro atoms. The van der Waals surface area contributed by atoms with Crippen LogP contribution < -0.4 is 0 Å². The lowest BCUT2D eigenvalue weighted by Crippen LogP contribution is -1.80. The zero-order valence-corrected chi connectivity index (χ0v) is 7.55. The Labute approximate surface area is 81.0 Å². The third-order valence-electron chi connectivity index (χ3n) is 2.36. The van der Waals surface area contributed by atoms with Crippen LogP contribution in [-0.2, 0) is 0 Å². The molecular formula is C10H9N3O. The van der Waals surface area contributed by atoms with E-state index in [1.807, 2.05) is 12.1 Å². The first kappa shape index (κ1) is 7.67. The first-order valence-corrected chi connectivity index (χ1v) is 4.66. The minimum Gasteiger partial charge on any atom is -0.354 e. The lowest BCUT2D eigenvalue weighted by atomic mass is 10.2. The van der Waals surface area contributed by atoms with Crippen molar-refractivity contribution >= 4 is 0 Å². The Morgan fingerprint density at radius 1 is 1.36 bits per heavy atom. The lowest BCUT2D eigenvalue weighted by Gasteiger charge is -1.89. The Morgan fingerprint density at radius 3 is 3.00 bits per heavy atom. The summed E-state index contributed by atoms with van der Waals surface area (Å²) in [5.74, 6) is 1.35. The van der Waals surface area contributed by atoms with Crippen molar-refractivity contribution in [1.82, 2.24) is 15.1 Å². The summed E-state index contributed by atoms with van der Waals surface area (Å²) in [7, 11) is 0. The van der Waals surface area contributed by atoms with Crippen molar-refractivity contribution in [2.45, 2.75) is 18.8 Å². The van der Waals surface area contributed by atoms with Crippen molar-refractivity contribution in [3.05, 3.63) is 30.4 Å². The van der Waals surface area contributed by atoms with Gasteiger partial charge in [-0.2, -0.15) is 0 Å². The van der Waals surface area contributed by atoms with E-state index < -0.39 is 0 Å². The zero-order valence-electron chi connectivity index (χ0n) is 7.55. The van der Waals surface area contributed by atoms with Gasteiger partial charge in [0, 0.05) is 18.2 Å². The molecule has 70 valence electrons. The van der Waals surface area contributed by atoms with Crippen molar-refractivity contribution < 1.29 is 4.52 Å². The average molecular weight is 187 g/mol. The van der Waals surface area contributed by atoms with Crippen molar-refractivity contribution in [2.24, 2.45) is 0 Å². The monoisotopic (exact) mass is 187 g/mol. The van der Waals surface area contributed by atoms with Crippen molar-refractivity contribution in [2.75, 3.05) is 0 Å². The molecule has 2 aromatic rings. The Morgan fingerprint density at radius 2 is 2.29 bits per heavy atom. The minimum absolute atomic E-state index is 0.620. The van der Waals surface area contributed by atoms with Crippen molar-refractivity contribution in [3.8, 4) is 11.5 Å². The van der Waals surface area contributed by atoms with E-state index in [1.54, 1.807) is 6.20 Å². The molecule has 1 aliphatic rings. The molecule has 3 rings (SSSR count). The molecule has 0 aliphatic heterocycles. The largest absolute Gasteiger partial charge is 0.354 e. The summed E-state index contributed by atoms with van der Waals surface area (Å²) in [6, 6.07) is 3.79. The van der Waals surface area contributed by atoms with Crippen LogP contribution in [0.5, 0.6) is 0 Å². The second-order valence-electron chi connectivity index (χ2n) is 3.48. The standard InChI is InChI=1S/C10H9N3O/c1-2-7(1)9-5-10(14-13-9)8-3-4-11-6-12-8/h3-7H,1-2H2. The summed E-state index contributed by atoms with van der Waals surface area (Å²) in [6.07, 6.45) is 5.67. The molecule has 0 bridgehead atoms. The van der Waals surface area contributed by atoms with Crippen LogP contribution in [0.3, 0.4) is 0 Å². The average Bonchev–Trinajstić information content (AvgIpc) is 2.98. The normalized spacial score (nSPS) is 15.7. The van der Waals surface area contributed by atoms with Gasteiger partial charge in [0.2, 0.25) is 0 Å². The van der Waals surface area contributed by atoms with E-state index in [1.165, 1.54) is 19.2 Å². The van der Waals surface area contributed by atoms with E-state index in [0.717, 1.165) is 17.1 Å². The van der Waals surface area contributed by atoms with Crippen molar-refractivity contribution in [1.29, 1.82) is 0 Å². The van der Waals surface area contributed by atoms with Gasteiger partial charge in [-0.25, -0.2) is 9.97 Å². The molecule has 0 radical (unpaired) electrons. The Kier molecular flexibility index (Phi) is 1.59. The number of aromatic nitrogens is 3. The first-order valence-electron chi connectivity index (χ1n) is 4.66. The summed E-state index contributed by atoms with van der Waals surface area (Å²) >= 11 is 0. The highest BCUT2D eigenvalue weighted by molar-refractivity contribution is 5.51. The van der Waals surface area contributed by atoms with Gasteiger partial charge in [-0.15, -0.1) is 0 Å². The van der Waals surface area contributed by atoms with Gasteiger partial charge in [0.1, 0.15) is 12.0 Å². The SMILES string of the molecule is c1cc(-c2cc(C3CC3)no2)ncn1. The Bertz CT molecular complexity index is 434. The van der Waals surface area contributed by atoms with Crippen LogP contribution in [0.4, 0.5) is 0 Å². The molecule has 0 saturated heterocycles. The topological polar surface area (TPSA) is 51.8 Å². The highest BCUT2D eigenvalue weighted by Gasteiger charge is 2.27. The van der Waals surface area contributed by atoms with Crippen LogP contribution in [0, 0.1) is 0 Å². The van der Waals surface area contributed by atoms with E-state index in [0.29, 0.717) is 5.92 Å². The molecule has 1 fully saturated rings. The van der Waals surface area contributed by atoms with Crippen LogP contribution in [-0.4, -0.2) is 15.1 Å². The molecule has 2 aromatic heterocycles. The zero-order chi connectivity index (χ0) is 9.38. The molecule has 0 amide bonds. The van der Waals surface area contributed by atoms with Gasteiger partial charge in [0.15, 0.2) is 5.76 Å². The van der Waals surface area contributed by atoms with Crippen LogP contribution in [0.2, 0.25) is 0 Å². The fourth-order valence-electron chi connectivity index (χ4n) is 1.42. The van der Waals surface area contributed by atoms with E-state index >= 15 is 0 Å². The van der Waals surface area contributed by atoms with Gasteiger partial charge in [0.25, 0.3) is 0 Å². The molecule has 0 atom stereocenters. The molecule has 2 heterocycles. The van der Waals surface area contributed by atoms with E-state index in [2.05, 4.69) is 15.1 Å². The van der Waals surface area contributed by atoms with Gasteiger partial charge >= 0.3 is 0 Å². The van der Waals surface area contributed by atoms with Crippen LogP contribution in [0.15, 0.2) is 29.2 Å². The second kappa shape index (κ2) is 2.90. The quantitative estimate of drug-likeness (QED) is 0.721. The van der Waals surface area contributed by atoms with E-state index in [9.17, 15) is 0 Å². The molecule has 4 heteroatoms. The third kappa shape index (κ3) is 1.28. The van der Waals surface area contributed by atoms with E-state index in [4.69, 9.17) is 4.52 Å². The second-order valence-corrected chi connectivity index (χ2v) is 3.48. The molecule has 0 aromatic carbocycles. The molecule has 1 saturated carbocycles. The summed E-state index contributed by atoms with van der Waals surface area (Å²) < 4.78 is 5.21. The predicted octanol–water partition coefficient (Wildman–Crippen LogP) is 2.01. The van der Waals surface area contributed by atoms with Gasteiger partial charge in [-0.1, -0.05) is 5.16 Å². The maximum atomic E-state index is 5.21. The van der Waals surface area contributed by atoms with Crippen LogP contribution >= 0.6 is 0 Å². The number of nitrogens with zero attached hydrogens (tertiary/aromatic N) is 3. The number of rotatable bonds is 2. The fraction of sp³-hybridized carbons (Fsp3) is 0.300. The Balaban J connectivity index is 1.96. The Hall–Kier alpha value is -1.71. The van der Waals surface area contributed by atoms with E-state index in [-0.39, 0.29) is 0 Å². The summed E-state index contributed by atoms with van der Waals surface area (Å²) in [5, 5.41) is 4.02. The smallest absolute Gasteiger partial charge is 0.185 e. The van der Waals surface area contributed by atoms with Gasteiger partial charge in [-0.3, -0.25) is 0 Å². The molecule has 0 unspecified atom stereocenters. The van der Waals surface area contributed by atoms with Gasteiger partial charge < -0.3 is 4.52 Å². The molecular weight excluding hydrogens is 178 g/mol.